The van der Waals surface area contributed by atoms with Crippen molar-refractivity contribution in [3.63, 3.8) is 0 Å². The maximum Gasteiger partial charge on any atom is 0.165 e. The van der Waals surface area contributed by atoms with Crippen molar-refractivity contribution in [2.45, 2.75) is 0 Å². The van der Waals surface area contributed by atoms with E-state index >= 15 is 0 Å². The number of benzene rings is 9. The largest absolute Gasteiger partial charge is 0.308 e. The smallest absolute Gasteiger partial charge is 0.165 e. The van der Waals surface area contributed by atoms with Crippen LogP contribution in [0.15, 0.2) is 237 Å². The molecule has 7 nitrogen and oxygen atoms in total. The molecule has 0 fully saturated rings. The number of aromatic nitrogens is 7. The quantitative estimate of drug-likeness (QED) is 0.153. The molecule has 13 rings (SSSR count). The van der Waals surface area contributed by atoms with Crippen molar-refractivity contribution in [3.8, 4) is 73.7 Å². The van der Waals surface area contributed by atoms with Gasteiger partial charge in [0.15, 0.2) is 23.1 Å². The molecule has 4 heterocycles. The zero-order valence-electron chi connectivity index (χ0n) is 36.1. The van der Waals surface area contributed by atoms with E-state index in [1.54, 1.807) is 0 Å². The first-order valence-corrected chi connectivity index (χ1v) is 22.5. The molecule has 0 atom stereocenters. The Balaban J connectivity index is 1.01. The number of para-hydroxylation sites is 3. The number of fused-ring (bicyclic) bond motifs is 7. The topological polar surface area (TPSA) is 66.3 Å². The lowest BCUT2D eigenvalue weighted by atomic mass is 10.0. The van der Waals surface area contributed by atoms with Crippen molar-refractivity contribution in [3.05, 3.63) is 237 Å². The molecule has 0 amide bonds. The second-order valence-electron chi connectivity index (χ2n) is 16.7. The third-order valence-corrected chi connectivity index (χ3v) is 12.7. The van der Waals surface area contributed by atoms with Crippen molar-refractivity contribution in [1.82, 2.24) is 33.6 Å². The fourth-order valence-electron chi connectivity index (χ4n) is 9.66. The fraction of sp³-hybridized carbons (Fsp3) is 0. The second-order valence-corrected chi connectivity index (χ2v) is 16.7. The van der Waals surface area contributed by atoms with E-state index in [1.807, 2.05) is 60.7 Å². The molecule has 4 aromatic heterocycles. The minimum atomic E-state index is 0.624. The number of hydrogen-bond acceptors (Lipinski definition) is 4. The van der Waals surface area contributed by atoms with Gasteiger partial charge in [-0.3, -0.25) is 9.13 Å². The van der Waals surface area contributed by atoms with E-state index < -0.39 is 0 Å². The van der Waals surface area contributed by atoms with Crippen LogP contribution in [0, 0.1) is 0 Å². The number of hydrogen-bond donors (Lipinski definition) is 0. The van der Waals surface area contributed by atoms with Gasteiger partial charge in [0.05, 0.1) is 21.9 Å². The van der Waals surface area contributed by atoms with Gasteiger partial charge < -0.3 is 4.57 Å². The molecule has 0 aliphatic heterocycles. The Hall–Kier alpha value is -9.20. The van der Waals surface area contributed by atoms with Crippen LogP contribution in [0.4, 0.5) is 0 Å². The fourth-order valence-corrected chi connectivity index (χ4v) is 9.66. The normalized spacial score (nSPS) is 11.6. The molecular weight excluding hydrogens is 819 g/mol. The van der Waals surface area contributed by atoms with E-state index in [1.165, 1.54) is 10.8 Å². The van der Waals surface area contributed by atoms with Gasteiger partial charge in [-0.25, -0.2) is 19.9 Å². The summed E-state index contributed by atoms with van der Waals surface area (Å²) in [6.07, 6.45) is 0. The van der Waals surface area contributed by atoms with Crippen molar-refractivity contribution in [1.29, 1.82) is 0 Å². The second kappa shape index (κ2) is 15.8. The molecule has 7 heteroatoms. The molecule has 0 aliphatic carbocycles. The predicted octanol–water partition coefficient (Wildman–Crippen LogP) is 14.6. The van der Waals surface area contributed by atoms with Crippen molar-refractivity contribution in [2.75, 3.05) is 0 Å². The van der Waals surface area contributed by atoms with Gasteiger partial charge in [-0.15, -0.1) is 0 Å². The van der Waals surface area contributed by atoms with E-state index in [2.05, 4.69) is 190 Å². The lowest BCUT2D eigenvalue weighted by Crippen LogP contribution is -2.00. The number of rotatable bonds is 8. The van der Waals surface area contributed by atoms with Crippen LogP contribution in [0.5, 0.6) is 0 Å². The molecule has 13 aromatic rings. The molecule has 0 unspecified atom stereocenters. The Morgan fingerprint density at radius 1 is 0.269 bits per heavy atom. The summed E-state index contributed by atoms with van der Waals surface area (Å²) in [4.78, 5) is 20.5. The zero-order chi connectivity index (χ0) is 44.3. The molecule has 9 aromatic carbocycles. The van der Waals surface area contributed by atoms with Crippen LogP contribution in [0.2, 0.25) is 0 Å². The monoisotopic (exact) mass is 857 g/mol. The lowest BCUT2D eigenvalue weighted by molar-refractivity contribution is 1.07. The van der Waals surface area contributed by atoms with Crippen LogP contribution in [0.3, 0.4) is 0 Å². The highest BCUT2D eigenvalue weighted by Crippen LogP contribution is 2.44. The molecule has 0 bridgehead atoms. The molecular formula is C60H39N7. The highest BCUT2D eigenvalue weighted by atomic mass is 15.2. The van der Waals surface area contributed by atoms with Crippen molar-refractivity contribution < 1.29 is 0 Å². The SMILES string of the molecule is c1ccc(-c2nc(-c3ccccc3)nc(-c3cccc(-c4ccc(-n5c6ccccc6c6ccc7c(c8c(nc(-c9ccccc9)n8-c8ccccc8)n7-c7ccccc7)c65)cc4)c3)n2)cc1. The minimum Gasteiger partial charge on any atom is -0.308 e. The first-order chi connectivity index (χ1) is 33.2. The highest BCUT2D eigenvalue weighted by Gasteiger charge is 2.27. The maximum atomic E-state index is 5.55. The predicted molar refractivity (Wildman–Crippen MR) is 273 cm³/mol. The lowest BCUT2D eigenvalue weighted by Gasteiger charge is -2.13. The van der Waals surface area contributed by atoms with E-state index in [4.69, 9.17) is 19.9 Å². The molecule has 0 radical (unpaired) electrons. The molecule has 0 spiro atoms. The standard InChI is InChI=1S/C60H39N7/c1-6-19-41(20-7-1)56-61-57(42-21-8-2-9-22-42)63-58(62-56)45-26-18-25-44(39-45)40-33-35-48(36-34-40)65-51-32-17-16-31-49(51)50-37-38-52-53(54(50)65)55-60(66(52)46-27-12-4-13-28-46)64-59(43-23-10-3-11-24-43)67(55)47-29-14-5-15-30-47/h1-39H. The Bertz CT molecular complexity index is 3870. The van der Waals surface area contributed by atoms with Gasteiger partial charge in [-0.05, 0) is 65.7 Å². The van der Waals surface area contributed by atoms with Crippen LogP contribution in [0.1, 0.15) is 0 Å². The molecule has 314 valence electrons. The van der Waals surface area contributed by atoms with E-state index in [-0.39, 0.29) is 0 Å². The van der Waals surface area contributed by atoms with Gasteiger partial charge in [-0.1, -0.05) is 182 Å². The van der Waals surface area contributed by atoms with Crippen LogP contribution >= 0.6 is 0 Å². The van der Waals surface area contributed by atoms with E-state index in [9.17, 15) is 0 Å². The number of nitrogens with zero attached hydrogens (tertiary/aromatic N) is 7. The third-order valence-electron chi connectivity index (χ3n) is 12.7. The molecule has 0 saturated heterocycles. The molecule has 0 aliphatic rings. The van der Waals surface area contributed by atoms with Crippen LogP contribution in [0.25, 0.3) is 118 Å². The van der Waals surface area contributed by atoms with Crippen LogP contribution < -0.4 is 0 Å². The van der Waals surface area contributed by atoms with Gasteiger partial charge in [0.1, 0.15) is 11.3 Å². The Labute approximate surface area is 386 Å². The van der Waals surface area contributed by atoms with Gasteiger partial charge in [0.25, 0.3) is 0 Å². The van der Waals surface area contributed by atoms with Gasteiger partial charge >= 0.3 is 0 Å². The summed E-state index contributed by atoms with van der Waals surface area (Å²) in [7, 11) is 0. The average Bonchev–Trinajstić information content (AvgIpc) is 4.07. The first-order valence-electron chi connectivity index (χ1n) is 22.5. The maximum absolute atomic E-state index is 5.55. The Morgan fingerprint density at radius 2 is 0.761 bits per heavy atom. The van der Waals surface area contributed by atoms with Gasteiger partial charge in [0, 0.05) is 50.1 Å². The van der Waals surface area contributed by atoms with Crippen molar-refractivity contribution in [2.24, 2.45) is 0 Å². The van der Waals surface area contributed by atoms with Gasteiger partial charge in [0.2, 0.25) is 0 Å². The summed E-state index contributed by atoms with van der Waals surface area (Å²) < 4.78 is 7.11. The molecule has 0 N–H and O–H groups in total. The average molecular weight is 858 g/mol. The summed E-state index contributed by atoms with van der Waals surface area (Å²) in [5.74, 6) is 2.79. The number of imidazole rings is 1. The summed E-state index contributed by atoms with van der Waals surface area (Å²) in [6.45, 7) is 0. The van der Waals surface area contributed by atoms with Gasteiger partial charge in [-0.2, -0.15) is 0 Å². The molecule has 0 saturated carbocycles. The van der Waals surface area contributed by atoms with Crippen molar-refractivity contribution >= 4 is 43.9 Å². The van der Waals surface area contributed by atoms with Crippen LogP contribution in [-0.2, 0) is 0 Å². The minimum absolute atomic E-state index is 0.624. The van der Waals surface area contributed by atoms with E-state index in [0.29, 0.717) is 17.5 Å². The van der Waals surface area contributed by atoms with Crippen LogP contribution in [-0.4, -0.2) is 33.6 Å². The Morgan fingerprint density at radius 3 is 1.39 bits per heavy atom. The summed E-state index contributed by atoms with van der Waals surface area (Å²) in [5, 5.41) is 3.49. The first kappa shape index (κ1) is 38.3. The highest BCUT2D eigenvalue weighted by molar-refractivity contribution is 6.25. The zero-order valence-corrected chi connectivity index (χ0v) is 36.1. The summed E-state index contributed by atoms with van der Waals surface area (Å²) >= 11 is 0. The summed E-state index contributed by atoms with van der Waals surface area (Å²) in [6, 6.07) is 82.6. The summed E-state index contributed by atoms with van der Waals surface area (Å²) in [5.41, 5.74) is 14.5. The Kier molecular flexibility index (Phi) is 9.03. The third kappa shape index (κ3) is 6.44. The molecule has 67 heavy (non-hydrogen) atoms. The van der Waals surface area contributed by atoms with E-state index in [0.717, 1.165) is 89.4 Å².